The Labute approximate surface area is 174 Å². The van der Waals surface area contributed by atoms with E-state index in [9.17, 15) is 36.4 Å². The number of phenols is 1. The van der Waals surface area contributed by atoms with E-state index in [1.807, 2.05) is 45.2 Å². The number of benzene rings is 1. The molecule has 0 aliphatic carbocycles. The molecule has 0 heterocycles. The van der Waals surface area contributed by atoms with Gasteiger partial charge in [-0.25, -0.2) is 8.42 Å². The third-order valence-electron chi connectivity index (χ3n) is 2.88. The minimum atomic E-state index is -5.92. The lowest BCUT2D eigenvalue weighted by molar-refractivity contribution is -0.149. The van der Waals surface area contributed by atoms with Crippen LogP contribution in [0.15, 0.2) is 12.1 Å². The first kappa shape index (κ1) is 23.2. The average Bonchev–Trinajstić information content (AvgIpc) is 2.51. The molecule has 1 aromatic carbocycles. The van der Waals surface area contributed by atoms with E-state index in [4.69, 9.17) is 0 Å². The lowest BCUT2D eigenvalue weighted by Crippen LogP contribution is -2.34. The van der Waals surface area contributed by atoms with Gasteiger partial charge < -0.3 is 19.7 Å². The minimum absolute atomic E-state index is 0.0159. The highest BCUT2D eigenvalue weighted by Crippen LogP contribution is 2.26. The highest BCUT2D eigenvalue weighted by atomic mass is 127. The number of carbonyl (C=O) groups is 2. The van der Waals surface area contributed by atoms with E-state index in [-0.39, 0.29) is 30.7 Å². The molecule has 0 saturated carbocycles. The SMILES string of the molecule is O=C(CCCNC(=O)c1cc(I)cc(I)c1O)OCC(F)(F)S(=O)(=O)[O-]. The smallest absolute Gasteiger partial charge is 0.367 e. The van der Waals surface area contributed by atoms with Gasteiger partial charge >= 0.3 is 11.2 Å². The fourth-order valence-electron chi connectivity index (χ4n) is 1.58. The molecule has 0 aliphatic heterocycles. The summed E-state index contributed by atoms with van der Waals surface area (Å²) in [6, 6.07) is 3.13. The second kappa shape index (κ2) is 9.41. The Morgan fingerprint density at radius 3 is 2.50 bits per heavy atom. The summed E-state index contributed by atoms with van der Waals surface area (Å²) < 4.78 is 61.6. The maximum absolute atomic E-state index is 12.8. The maximum atomic E-state index is 12.8. The van der Waals surface area contributed by atoms with Crippen LogP contribution in [0.2, 0.25) is 0 Å². The van der Waals surface area contributed by atoms with Crippen LogP contribution < -0.4 is 5.32 Å². The van der Waals surface area contributed by atoms with Crippen LogP contribution in [0.25, 0.3) is 0 Å². The molecule has 0 aromatic heterocycles. The largest absolute Gasteiger partial charge is 0.743 e. The fourth-order valence-corrected chi connectivity index (χ4v) is 3.63. The average molecular weight is 618 g/mol. The molecular weight excluding hydrogens is 606 g/mol. The van der Waals surface area contributed by atoms with Gasteiger partial charge in [0.15, 0.2) is 16.7 Å². The quantitative estimate of drug-likeness (QED) is 0.197. The van der Waals surface area contributed by atoms with Crippen LogP contribution in [0.1, 0.15) is 23.2 Å². The summed E-state index contributed by atoms with van der Waals surface area (Å²) in [7, 11) is -5.92. The van der Waals surface area contributed by atoms with E-state index >= 15 is 0 Å². The molecule has 0 bridgehead atoms. The summed E-state index contributed by atoms with van der Waals surface area (Å²) in [5.41, 5.74) is 0.0455. The van der Waals surface area contributed by atoms with Crippen molar-refractivity contribution in [2.75, 3.05) is 13.2 Å². The van der Waals surface area contributed by atoms with Crippen molar-refractivity contribution in [3.63, 3.8) is 0 Å². The van der Waals surface area contributed by atoms with Crippen molar-refractivity contribution < 1.29 is 41.2 Å². The Bertz CT molecular complexity index is 802. The molecule has 26 heavy (non-hydrogen) atoms. The molecular formula is C13H12F2I2NO7S-. The van der Waals surface area contributed by atoms with Crippen LogP contribution in [-0.4, -0.2) is 48.4 Å². The topological polar surface area (TPSA) is 133 Å². The third kappa shape index (κ3) is 6.73. The van der Waals surface area contributed by atoms with E-state index < -0.39 is 33.9 Å². The zero-order valence-electron chi connectivity index (χ0n) is 12.8. The first-order valence-corrected chi connectivity index (χ1v) is 10.4. The molecule has 146 valence electrons. The Kier molecular flexibility index (Phi) is 8.40. The van der Waals surface area contributed by atoms with Gasteiger partial charge in [-0.05, 0) is 63.7 Å². The van der Waals surface area contributed by atoms with Crippen molar-refractivity contribution in [2.24, 2.45) is 0 Å². The Hall–Kier alpha value is -0.810. The number of halogens is 4. The predicted molar refractivity (Wildman–Crippen MR) is 101 cm³/mol. The summed E-state index contributed by atoms with van der Waals surface area (Å²) in [5.74, 6) is -1.92. The van der Waals surface area contributed by atoms with Gasteiger partial charge in [0.2, 0.25) is 0 Å². The molecule has 0 atom stereocenters. The van der Waals surface area contributed by atoms with E-state index in [1.54, 1.807) is 6.07 Å². The highest BCUT2D eigenvalue weighted by molar-refractivity contribution is 14.1. The number of carbonyl (C=O) groups excluding carboxylic acids is 2. The monoisotopic (exact) mass is 618 g/mol. The van der Waals surface area contributed by atoms with Crippen molar-refractivity contribution in [3.8, 4) is 5.75 Å². The zero-order chi connectivity index (χ0) is 20.1. The third-order valence-corrected chi connectivity index (χ3v) is 5.18. The van der Waals surface area contributed by atoms with Gasteiger partial charge in [0, 0.05) is 16.5 Å². The van der Waals surface area contributed by atoms with E-state index in [2.05, 4.69) is 10.1 Å². The number of hydrogen-bond acceptors (Lipinski definition) is 7. The predicted octanol–water partition coefficient (Wildman–Crippen LogP) is 1.79. The van der Waals surface area contributed by atoms with Gasteiger partial charge in [0.05, 0.1) is 9.13 Å². The second-order valence-electron chi connectivity index (χ2n) is 4.90. The fraction of sp³-hybridized carbons (Fsp3) is 0.385. The van der Waals surface area contributed by atoms with Gasteiger partial charge in [-0.1, -0.05) is 0 Å². The van der Waals surface area contributed by atoms with Crippen molar-refractivity contribution in [1.29, 1.82) is 0 Å². The van der Waals surface area contributed by atoms with Crippen LogP contribution in [0.3, 0.4) is 0 Å². The van der Waals surface area contributed by atoms with Gasteiger partial charge in [-0.3, -0.25) is 9.59 Å². The van der Waals surface area contributed by atoms with Crippen LogP contribution in [-0.2, 0) is 19.6 Å². The summed E-state index contributed by atoms with van der Waals surface area (Å²) in [5, 5.41) is 7.60. The minimum Gasteiger partial charge on any atom is -0.743 e. The molecule has 0 saturated heterocycles. The van der Waals surface area contributed by atoms with Crippen molar-refractivity contribution >= 4 is 67.2 Å². The standard InChI is InChI=1S/C13H13F2I2NO7S/c14-13(15,26(22,23)24)6-25-10(19)2-1-3-18-12(21)8-4-7(16)5-9(17)11(8)20/h4-5,20H,1-3,6H2,(H,18,21)(H,22,23,24)/p-1. The van der Waals surface area contributed by atoms with Gasteiger partial charge in [0.1, 0.15) is 5.75 Å². The van der Waals surface area contributed by atoms with Crippen molar-refractivity contribution in [3.05, 3.63) is 24.8 Å². The number of hydrogen-bond donors (Lipinski definition) is 2. The summed E-state index contributed by atoms with van der Waals surface area (Å²) in [6.07, 6.45) is -0.368. The van der Waals surface area contributed by atoms with Gasteiger partial charge in [0.25, 0.3) is 5.91 Å². The molecule has 1 amide bonds. The number of phenolic OH excluding ortho intramolecular Hbond substituents is 1. The maximum Gasteiger partial charge on any atom is 0.367 e. The number of aromatic hydroxyl groups is 1. The molecule has 2 N–H and O–H groups in total. The highest BCUT2D eigenvalue weighted by Gasteiger charge is 2.39. The van der Waals surface area contributed by atoms with Crippen LogP contribution in [0, 0.1) is 7.14 Å². The number of amides is 1. The van der Waals surface area contributed by atoms with Crippen molar-refractivity contribution in [2.45, 2.75) is 18.1 Å². The Morgan fingerprint density at radius 1 is 1.31 bits per heavy atom. The lowest BCUT2D eigenvalue weighted by Gasteiger charge is -2.19. The molecule has 1 rings (SSSR count). The van der Waals surface area contributed by atoms with Gasteiger partial charge in [-0.15, -0.1) is 0 Å². The zero-order valence-corrected chi connectivity index (χ0v) is 17.9. The van der Waals surface area contributed by atoms with Crippen LogP contribution in [0.4, 0.5) is 8.78 Å². The summed E-state index contributed by atoms with van der Waals surface area (Å²) in [6.45, 7) is -1.88. The molecule has 8 nitrogen and oxygen atoms in total. The molecule has 0 radical (unpaired) electrons. The molecule has 0 unspecified atom stereocenters. The number of rotatable bonds is 8. The second-order valence-corrected chi connectivity index (χ2v) is 8.81. The van der Waals surface area contributed by atoms with E-state index in [0.717, 1.165) is 3.57 Å². The lowest BCUT2D eigenvalue weighted by atomic mass is 10.2. The number of ether oxygens (including phenoxy) is 1. The first-order valence-electron chi connectivity index (χ1n) is 6.80. The number of esters is 1. The van der Waals surface area contributed by atoms with E-state index in [0.29, 0.717) is 3.57 Å². The Balaban J connectivity index is 2.43. The van der Waals surface area contributed by atoms with Crippen LogP contribution in [0.5, 0.6) is 5.75 Å². The summed E-state index contributed by atoms with van der Waals surface area (Å²) in [4.78, 5) is 23.3. The molecule has 0 fully saturated rings. The Morgan fingerprint density at radius 2 is 1.92 bits per heavy atom. The van der Waals surface area contributed by atoms with Crippen LogP contribution >= 0.6 is 45.2 Å². The molecule has 1 aromatic rings. The molecule has 13 heteroatoms. The van der Waals surface area contributed by atoms with E-state index in [1.165, 1.54) is 6.07 Å². The summed E-state index contributed by atoms with van der Waals surface area (Å²) >= 11 is 3.83. The number of nitrogens with one attached hydrogen (secondary N) is 1. The molecule has 0 spiro atoms. The van der Waals surface area contributed by atoms with Crippen molar-refractivity contribution in [1.82, 2.24) is 5.32 Å². The van der Waals surface area contributed by atoms with Gasteiger partial charge in [-0.2, -0.15) is 8.78 Å². The first-order chi connectivity index (χ1) is 11.8. The normalized spacial score (nSPS) is 11.9. The number of alkyl halides is 2. The molecule has 0 aliphatic rings.